The lowest BCUT2D eigenvalue weighted by Gasteiger charge is -2.21. The number of halogens is 1. The van der Waals surface area contributed by atoms with Crippen molar-refractivity contribution in [2.24, 2.45) is 0 Å². The highest BCUT2D eigenvalue weighted by Crippen LogP contribution is 2.34. The second-order valence-electron chi connectivity index (χ2n) is 7.87. The molecule has 2 rings (SSSR count). The molecule has 0 aromatic heterocycles. The molecule has 2 aromatic rings. The fraction of sp³-hybridized carbons (Fsp3) is 0.364. The Hall–Kier alpha value is -2.93. The average molecular weight is 435 g/mol. The molecule has 0 aliphatic carbocycles. The molecule has 30 heavy (non-hydrogen) atoms. The van der Waals surface area contributed by atoms with Gasteiger partial charge in [-0.05, 0) is 63.1 Å². The maximum absolute atomic E-state index is 12.0. The van der Waals surface area contributed by atoms with Crippen molar-refractivity contribution in [2.45, 2.75) is 39.8 Å². The molecule has 0 unspecified atom stereocenters. The van der Waals surface area contributed by atoms with E-state index in [-0.39, 0.29) is 23.6 Å². The van der Waals surface area contributed by atoms with Crippen molar-refractivity contribution in [3.63, 3.8) is 0 Å². The predicted octanol–water partition coefficient (Wildman–Crippen LogP) is 4.26. The zero-order valence-electron chi connectivity index (χ0n) is 17.8. The van der Waals surface area contributed by atoms with E-state index in [0.29, 0.717) is 23.1 Å². The third-order valence-corrected chi connectivity index (χ3v) is 4.50. The SMILES string of the molecule is COc1cc(CNc2ccc(C(=O)O)cc2C)c(Cl)cc1OCC(=O)NC(C)(C)C. The van der Waals surface area contributed by atoms with E-state index in [0.717, 1.165) is 16.8 Å². The summed E-state index contributed by atoms with van der Waals surface area (Å²) in [5, 5.41) is 15.6. The molecule has 0 saturated carbocycles. The number of carboxylic acid groups (broad SMARTS) is 1. The van der Waals surface area contributed by atoms with Crippen LogP contribution in [0.3, 0.4) is 0 Å². The van der Waals surface area contributed by atoms with Gasteiger partial charge in [-0.2, -0.15) is 0 Å². The molecule has 7 nitrogen and oxygen atoms in total. The second kappa shape index (κ2) is 9.71. The van der Waals surface area contributed by atoms with E-state index in [1.54, 1.807) is 30.3 Å². The number of aromatic carboxylic acids is 1. The van der Waals surface area contributed by atoms with E-state index < -0.39 is 5.97 Å². The predicted molar refractivity (Wildman–Crippen MR) is 117 cm³/mol. The highest BCUT2D eigenvalue weighted by Gasteiger charge is 2.16. The number of carbonyl (C=O) groups excluding carboxylic acids is 1. The molecular formula is C22H27ClN2O5. The Bertz CT molecular complexity index is 938. The Labute approximate surface area is 181 Å². The summed E-state index contributed by atoms with van der Waals surface area (Å²) in [6.07, 6.45) is 0. The zero-order valence-corrected chi connectivity index (χ0v) is 18.5. The fourth-order valence-electron chi connectivity index (χ4n) is 2.77. The third-order valence-electron chi connectivity index (χ3n) is 4.15. The molecule has 162 valence electrons. The van der Waals surface area contributed by atoms with Crippen LogP contribution in [-0.4, -0.2) is 36.2 Å². The molecule has 0 heterocycles. The molecule has 2 aromatic carbocycles. The van der Waals surface area contributed by atoms with Gasteiger partial charge in [-0.15, -0.1) is 0 Å². The third kappa shape index (κ3) is 6.56. The Kier molecular flexibility index (Phi) is 7.56. The molecule has 0 spiro atoms. The Morgan fingerprint density at radius 3 is 2.40 bits per heavy atom. The van der Waals surface area contributed by atoms with E-state index in [9.17, 15) is 9.59 Å². The summed E-state index contributed by atoms with van der Waals surface area (Å²) in [7, 11) is 1.51. The molecule has 3 N–H and O–H groups in total. The van der Waals surface area contributed by atoms with Crippen molar-refractivity contribution in [1.82, 2.24) is 5.32 Å². The molecule has 0 bridgehead atoms. The topological polar surface area (TPSA) is 96.9 Å². The van der Waals surface area contributed by atoms with E-state index in [2.05, 4.69) is 10.6 Å². The van der Waals surface area contributed by atoms with Crippen molar-refractivity contribution in [2.75, 3.05) is 19.0 Å². The maximum atomic E-state index is 12.0. The van der Waals surface area contributed by atoms with Gasteiger partial charge in [0.05, 0.1) is 12.7 Å². The summed E-state index contributed by atoms with van der Waals surface area (Å²) >= 11 is 6.40. The number of anilines is 1. The number of rotatable bonds is 8. The standard InChI is InChI=1S/C22H27ClN2O5/c1-13-8-14(21(27)28)6-7-17(13)24-11-15-9-18(29-5)19(10-16(15)23)30-12-20(26)25-22(2,3)4/h6-10,24H,11-12H2,1-5H3,(H,25,26)(H,27,28). The second-order valence-corrected chi connectivity index (χ2v) is 8.28. The number of carboxylic acids is 1. The molecule has 0 radical (unpaired) electrons. The van der Waals surface area contributed by atoms with Gasteiger partial charge in [-0.3, -0.25) is 4.79 Å². The van der Waals surface area contributed by atoms with Crippen LogP contribution in [0.25, 0.3) is 0 Å². The number of nitrogens with one attached hydrogen (secondary N) is 2. The first kappa shape index (κ1) is 23.3. The van der Waals surface area contributed by atoms with Crippen LogP contribution in [0.1, 0.15) is 42.3 Å². The minimum atomic E-state index is -0.968. The van der Waals surface area contributed by atoms with Crippen LogP contribution in [0.15, 0.2) is 30.3 Å². The van der Waals surface area contributed by atoms with Crippen LogP contribution in [0.2, 0.25) is 5.02 Å². The molecule has 0 atom stereocenters. The van der Waals surface area contributed by atoms with Crippen molar-refractivity contribution in [3.8, 4) is 11.5 Å². The smallest absolute Gasteiger partial charge is 0.335 e. The molecular weight excluding hydrogens is 408 g/mol. The normalized spacial score (nSPS) is 11.0. The maximum Gasteiger partial charge on any atom is 0.335 e. The minimum absolute atomic E-state index is 0.156. The average Bonchev–Trinajstić information content (AvgIpc) is 2.64. The lowest BCUT2D eigenvalue weighted by molar-refractivity contribution is -0.124. The van der Waals surface area contributed by atoms with Crippen LogP contribution in [-0.2, 0) is 11.3 Å². The summed E-state index contributed by atoms with van der Waals surface area (Å²) in [5.41, 5.74) is 2.26. The van der Waals surface area contributed by atoms with Gasteiger partial charge in [-0.25, -0.2) is 4.79 Å². The van der Waals surface area contributed by atoms with E-state index in [1.165, 1.54) is 7.11 Å². The number of methoxy groups -OCH3 is 1. The first-order valence-corrected chi connectivity index (χ1v) is 9.76. The van der Waals surface area contributed by atoms with Gasteiger partial charge >= 0.3 is 5.97 Å². The Morgan fingerprint density at radius 1 is 1.13 bits per heavy atom. The van der Waals surface area contributed by atoms with E-state index in [1.807, 2.05) is 27.7 Å². The molecule has 0 fully saturated rings. The number of amides is 1. The van der Waals surface area contributed by atoms with Gasteiger partial charge in [0.25, 0.3) is 5.91 Å². The summed E-state index contributed by atoms with van der Waals surface area (Å²) < 4.78 is 11.0. The monoisotopic (exact) mass is 434 g/mol. The van der Waals surface area contributed by atoms with Crippen molar-refractivity contribution in [1.29, 1.82) is 0 Å². The number of ether oxygens (including phenoxy) is 2. The first-order valence-electron chi connectivity index (χ1n) is 9.38. The Balaban J connectivity index is 2.10. The molecule has 1 amide bonds. The fourth-order valence-corrected chi connectivity index (χ4v) is 2.99. The largest absolute Gasteiger partial charge is 0.493 e. The van der Waals surface area contributed by atoms with E-state index >= 15 is 0 Å². The molecule has 0 saturated heterocycles. The number of hydrogen-bond acceptors (Lipinski definition) is 5. The lowest BCUT2D eigenvalue weighted by atomic mass is 10.1. The Morgan fingerprint density at radius 2 is 1.83 bits per heavy atom. The van der Waals surface area contributed by atoms with Crippen molar-refractivity contribution in [3.05, 3.63) is 52.0 Å². The summed E-state index contributed by atoms with van der Waals surface area (Å²) in [6.45, 7) is 7.74. The van der Waals surface area contributed by atoms with E-state index in [4.69, 9.17) is 26.2 Å². The van der Waals surface area contributed by atoms with Gasteiger partial charge in [0, 0.05) is 28.9 Å². The number of carbonyl (C=O) groups is 2. The van der Waals surface area contributed by atoms with Crippen LogP contribution >= 0.6 is 11.6 Å². The number of aryl methyl sites for hydroxylation is 1. The van der Waals surface area contributed by atoms with Crippen LogP contribution < -0.4 is 20.1 Å². The molecule has 0 aliphatic rings. The highest BCUT2D eigenvalue weighted by molar-refractivity contribution is 6.31. The molecule has 8 heteroatoms. The minimum Gasteiger partial charge on any atom is -0.493 e. The van der Waals surface area contributed by atoms with Gasteiger partial charge in [0.15, 0.2) is 18.1 Å². The summed E-state index contributed by atoms with van der Waals surface area (Å²) in [4.78, 5) is 23.0. The van der Waals surface area contributed by atoms with Gasteiger partial charge in [0.1, 0.15) is 0 Å². The van der Waals surface area contributed by atoms with Crippen LogP contribution in [0, 0.1) is 6.92 Å². The lowest BCUT2D eigenvalue weighted by Crippen LogP contribution is -2.43. The molecule has 0 aliphatic heterocycles. The number of hydrogen-bond donors (Lipinski definition) is 3. The van der Waals surface area contributed by atoms with Crippen LogP contribution in [0.4, 0.5) is 5.69 Å². The first-order chi connectivity index (χ1) is 14.0. The van der Waals surface area contributed by atoms with Crippen molar-refractivity contribution < 1.29 is 24.2 Å². The van der Waals surface area contributed by atoms with Crippen molar-refractivity contribution >= 4 is 29.2 Å². The van der Waals surface area contributed by atoms with Crippen LogP contribution in [0.5, 0.6) is 11.5 Å². The summed E-state index contributed by atoms with van der Waals surface area (Å²) in [5.74, 6) is -0.383. The van der Waals surface area contributed by atoms with Gasteiger partial charge in [-0.1, -0.05) is 11.6 Å². The zero-order chi connectivity index (χ0) is 22.5. The number of benzene rings is 2. The quantitative estimate of drug-likeness (QED) is 0.574. The van der Waals surface area contributed by atoms with Gasteiger partial charge in [0.2, 0.25) is 0 Å². The van der Waals surface area contributed by atoms with Gasteiger partial charge < -0.3 is 25.2 Å². The highest BCUT2D eigenvalue weighted by atomic mass is 35.5. The summed E-state index contributed by atoms with van der Waals surface area (Å²) in [6, 6.07) is 8.22.